The number of aromatic nitrogens is 4. The maximum atomic E-state index is 13.3. The molecule has 0 aliphatic heterocycles. The predicted molar refractivity (Wildman–Crippen MR) is 113 cm³/mol. The predicted octanol–water partition coefficient (Wildman–Crippen LogP) is 4.36. The van der Waals surface area contributed by atoms with Crippen molar-refractivity contribution in [1.29, 1.82) is 0 Å². The first-order chi connectivity index (χ1) is 14.1. The van der Waals surface area contributed by atoms with Crippen LogP contribution in [0.15, 0.2) is 18.2 Å². The SMILES string of the molecule is Cc1ccc2cc(CN(C(=O)C3CCC3)C3CCCCC3)c3nnnn3c2c1C. The summed E-state index contributed by atoms with van der Waals surface area (Å²) >= 11 is 0. The van der Waals surface area contributed by atoms with Gasteiger partial charge in [0.05, 0.1) is 5.52 Å². The molecule has 2 aliphatic rings. The smallest absolute Gasteiger partial charge is 0.226 e. The minimum absolute atomic E-state index is 0.217. The van der Waals surface area contributed by atoms with Gasteiger partial charge in [0.15, 0.2) is 5.65 Å². The highest BCUT2D eigenvalue weighted by Crippen LogP contribution is 2.33. The summed E-state index contributed by atoms with van der Waals surface area (Å²) in [7, 11) is 0. The fourth-order valence-electron chi connectivity index (χ4n) is 4.98. The fourth-order valence-corrected chi connectivity index (χ4v) is 4.98. The monoisotopic (exact) mass is 391 g/mol. The van der Waals surface area contributed by atoms with Gasteiger partial charge in [0.25, 0.3) is 0 Å². The normalized spacial score (nSPS) is 18.3. The number of rotatable bonds is 4. The summed E-state index contributed by atoms with van der Waals surface area (Å²) in [5.41, 5.74) is 5.30. The summed E-state index contributed by atoms with van der Waals surface area (Å²) in [6.45, 7) is 4.83. The Morgan fingerprint density at radius 1 is 1.10 bits per heavy atom. The number of carbonyl (C=O) groups is 1. The van der Waals surface area contributed by atoms with Gasteiger partial charge in [0.2, 0.25) is 5.91 Å². The minimum atomic E-state index is 0.217. The molecule has 2 aliphatic carbocycles. The molecule has 1 aromatic carbocycles. The van der Waals surface area contributed by atoms with E-state index >= 15 is 0 Å². The average Bonchev–Trinajstić information content (AvgIpc) is 3.18. The van der Waals surface area contributed by atoms with Gasteiger partial charge in [-0.05, 0) is 67.2 Å². The van der Waals surface area contributed by atoms with Crippen LogP contribution in [-0.2, 0) is 11.3 Å². The molecule has 0 atom stereocenters. The van der Waals surface area contributed by atoms with Gasteiger partial charge in [-0.3, -0.25) is 4.79 Å². The van der Waals surface area contributed by atoms with Crippen LogP contribution in [-0.4, -0.2) is 36.9 Å². The molecule has 3 aromatic rings. The second-order valence-corrected chi connectivity index (χ2v) is 8.91. The third kappa shape index (κ3) is 3.18. The molecule has 5 rings (SSSR count). The van der Waals surface area contributed by atoms with Crippen LogP contribution >= 0.6 is 0 Å². The number of aryl methyl sites for hydroxylation is 2. The van der Waals surface area contributed by atoms with Crippen LogP contribution in [0.3, 0.4) is 0 Å². The summed E-state index contributed by atoms with van der Waals surface area (Å²) in [5, 5.41) is 13.7. The van der Waals surface area contributed by atoms with Crippen LogP contribution < -0.4 is 0 Å². The van der Waals surface area contributed by atoms with E-state index in [1.807, 2.05) is 4.52 Å². The highest BCUT2D eigenvalue weighted by molar-refractivity contribution is 5.87. The van der Waals surface area contributed by atoms with E-state index < -0.39 is 0 Å². The van der Waals surface area contributed by atoms with Gasteiger partial charge in [-0.1, -0.05) is 37.8 Å². The molecule has 2 fully saturated rings. The second kappa shape index (κ2) is 7.39. The van der Waals surface area contributed by atoms with E-state index in [1.54, 1.807) is 0 Å². The van der Waals surface area contributed by atoms with Crippen LogP contribution in [0, 0.1) is 19.8 Å². The first-order valence-corrected chi connectivity index (χ1v) is 11.0. The Morgan fingerprint density at radius 3 is 2.62 bits per heavy atom. The molecule has 2 aromatic heterocycles. The van der Waals surface area contributed by atoms with Gasteiger partial charge in [0.1, 0.15) is 0 Å². The lowest BCUT2D eigenvalue weighted by Gasteiger charge is -2.38. The number of fused-ring (bicyclic) bond motifs is 3. The molecular formula is C23H29N5O. The molecule has 0 spiro atoms. The van der Waals surface area contributed by atoms with Gasteiger partial charge >= 0.3 is 0 Å². The first-order valence-electron chi connectivity index (χ1n) is 11.0. The number of hydrogen-bond donors (Lipinski definition) is 0. The Labute approximate surface area is 171 Å². The van der Waals surface area contributed by atoms with E-state index in [0.717, 1.165) is 47.8 Å². The Morgan fingerprint density at radius 2 is 1.90 bits per heavy atom. The molecule has 1 amide bonds. The molecule has 29 heavy (non-hydrogen) atoms. The summed E-state index contributed by atoms with van der Waals surface area (Å²) < 4.78 is 1.86. The van der Waals surface area contributed by atoms with Crippen molar-refractivity contribution in [2.75, 3.05) is 0 Å². The van der Waals surface area contributed by atoms with Crippen molar-refractivity contribution in [2.45, 2.75) is 77.8 Å². The van der Waals surface area contributed by atoms with Gasteiger partial charge < -0.3 is 4.90 Å². The molecule has 2 heterocycles. The van der Waals surface area contributed by atoms with Crippen molar-refractivity contribution in [3.63, 3.8) is 0 Å². The average molecular weight is 392 g/mol. The topological polar surface area (TPSA) is 63.4 Å². The molecular weight excluding hydrogens is 362 g/mol. The Balaban J connectivity index is 1.58. The largest absolute Gasteiger partial charge is 0.335 e. The van der Waals surface area contributed by atoms with Crippen LogP contribution in [0.4, 0.5) is 0 Å². The number of benzene rings is 1. The highest BCUT2D eigenvalue weighted by Gasteiger charge is 2.34. The lowest BCUT2D eigenvalue weighted by Crippen LogP contribution is -2.45. The number of carbonyl (C=O) groups excluding carboxylic acids is 1. The molecule has 0 unspecified atom stereocenters. The van der Waals surface area contributed by atoms with Crippen molar-refractivity contribution >= 4 is 22.5 Å². The summed E-state index contributed by atoms with van der Waals surface area (Å²) in [4.78, 5) is 15.5. The summed E-state index contributed by atoms with van der Waals surface area (Å²) in [6, 6.07) is 6.83. The van der Waals surface area contributed by atoms with Crippen LogP contribution in [0.25, 0.3) is 16.6 Å². The lowest BCUT2D eigenvalue weighted by molar-refractivity contribution is -0.142. The number of nitrogens with zero attached hydrogens (tertiary/aromatic N) is 5. The maximum absolute atomic E-state index is 13.3. The number of hydrogen-bond acceptors (Lipinski definition) is 4. The molecule has 0 bridgehead atoms. The van der Waals surface area contributed by atoms with E-state index in [-0.39, 0.29) is 5.92 Å². The van der Waals surface area contributed by atoms with E-state index in [0.29, 0.717) is 18.5 Å². The van der Waals surface area contributed by atoms with Crippen molar-refractivity contribution in [3.8, 4) is 0 Å². The van der Waals surface area contributed by atoms with E-state index in [1.165, 1.54) is 36.8 Å². The highest BCUT2D eigenvalue weighted by atomic mass is 16.2. The zero-order valence-corrected chi connectivity index (χ0v) is 17.4. The van der Waals surface area contributed by atoms with Crippen molar-refractivity contribution in [3.05, 3.63) is 34.9 Å². The zero-order valence-electron chi connectivity index (χ0n) is 17.4. The van der Waals surface area contributed by atoms with E-state index in [4.69, 9.17) is 0 Å². The van der Waals surface area contributed by atoms with E-state index in [2.05, 4.69) is 52.5 Å². The molecule has 6 nitrogen and oxygen atoms in total. The first kappa shape index (κ1) is 18.5. The molecule has 0 saturated heterocycles. The second-order valence-electron chi connectivity index (χ2n) is 8.91. The zero-order chi connectivity index (χ0) is 20.0. The molecule has 0 N–H and O–H groups in total. The van der Waals surface area contributed by atoms with Crippen molar-refractivity contribution in [1.82, 2.24) is 24.9 Å². The standard InChI is InChI=1S/C23H29N5O/c1-15-11-12-18-13-19(22-24-25-26-28(22)21(18)16(15)2)14-27(20-9-4-3-5-10-20)23(29)17-7-6-8-17/h11-13,17,20H,3-10,14H2,1-2H3. The van der Waals surface area contributed by atoms with Gasteiger partial charge in [-0.2, -0.15) is 4.52 Å². The maximum Gasteiger partial charge on any atom is 0.226 e. The van der Waals surface area contributed by atoms with Crippen LogP contribution in [0.5, 0.6) is 0 Å². The molecule has 6 heteroatoms. The molecule has 2 saturated carbocycles. The third-order valence-electron chi connectivity index (χ3n) is 7.12. The van der Waals surface area contributed by atoms with Gasteiger partial charge in [-0.25, -0.2) is 0 Å². The minimum Gasteiger partial charge on any atom is -0.335 e. The van der Waals surface area contributed by atoms with Crippen LogP contribution in [0.2, 0.25) is 0 Å². The summed E-state index contributed by atoms with van der Waals surface area (Å²) in [5.74, 6) is 0.559. The molecule has 0 radical (unpaired) electrons. The quantitative estimate of drug-likeness (QED) is 0.663. The van der Waals surface area contributed by atoms with Crippen molar-refractivity contribution < 1.29 is 4.79 Å². The number of amides is 1. The Kier molecular flexibility index (Phi) is 4.72. The summed E-state index contributed by atoms with van der Waals surface area (Å²) in [6.07, 6.45) is 9.22. The van der Waals surface area contributed by atoms with Crippen molar-refractivity contribution in [2.24, 2.45) is 5.92 Å². The molecule has 152 valence electrons. The fraction of sp³-hybridized carbons (Fsp3) is 0.565. The lowest BCUT2D eigenvalue weighted by atomic mass is 9.83. The Hall–Kier alpha value is -2.50. The van der Waals surface area contributed by atoms with Gasteiger partial charge in [-0.15, -0.1) is 5.10 Å². The van der Waals surface area contributed by atoms with E-state index in [9.17, 15) is 4.79 Å². The van der Waals surface area contributed by atoms with Gasteiger partial charge in [0, 0.05) is 29.5 Å². The van der Waals surface area contributed by atoms with Crippen LogP contribution in [0.1, 0.15) is 68.1 Å². The number of tetrazole rings is 1. The third-order valence-corrected chi connectivity index (χ3v) is 7.12. The number of pyridine rings is 1. The Bertz CT molecular complexity index is 1060.